The van der Waals surface area contributed by atoms with Gasteiger partial charge in [-0.3, -0.25) is 4.79 Å². The van der Waals surface area contributed by atoms with Gasteiger partial charge in [0.15, 0.2) is 0 Å². The number of aromatic amines is 1. The summed E-state index contributed by atoms with van der Waals surface area (Å²) in [7, 11) is 0. The molecule has 0 aliphatic carbocycles. The maximum atomic E-state index is 10.6. The second-order valence-electron chi connectivity index (χ2n) is 2.28. The van der Waals surface area contributed by atoms with Crippen LogP contribution in [0.3, 0.4) is 0 Å². The Morgan fingerprint density at radius 3 is 2.85 bits per heavy atom. The van der Waals surface area contributed by atoms with Crippen molar-refractivity contribution < 1.29 is 4.79 Å². The third-order valence-corrected chi connectivity index (χ3v) is 1.30. The van der Waals surface area contributed by atoms with Gasteiger partial charge in [0.05, 0.1) is 0 Å². The first kappa shape index (κ1) is 8.98. The second kappa shape index (κ2) is 3.53. The van der Waals surface area contributed by atoms with Crippen molar-refractivity contribution in [1.82, 2.24) is 9.97 Å². The van der Waals surface area contributed by atoms with Crippen LogP contribution in [-0.4, -0.2) is 15.9 Å². The average Bonchev–Trinajstić information content (AvgIpc) is 2.02. The zero-order valence-electron chi connectivity index (χ0n) is 6.65. The van der Waals surface area contributed by atoms with E-state index in [1.54, 1.807) is 0 Å². The first-order valence-corrected chi connectivity index (χ1v) is 3.42. The zero-order valence-corrected chi connectivity index (χ0v) is 6.65. The lowest BCUT2D eigenvalue weighted by Crippen LogP contribution is -2.13. The Kier molecular flexibility index (Phi) is 2.44. The van der Waals surface area contributed by atoms with Crippen molar-refractivity contribution >= 4 is 17.8 Å². The fourth-order valence-corrected chi connectivity index (χ4v) is 0.725. The van der Waals surface area contributed by atoms with Gasteiger partial charge in [0.1, 0.15) is 5.82 Å². The number of amides is 1. The van der Waals surface area contributed by atoms with E-state index in [0.29, 0.717) is 5.56 Å². The summed E-state index contributed by atoms with van der Waals surface area (Å²) in [5.74, 6) is -0.535. The number of hydrogen-bond acceptors (Lipinski definition) is 4. The molecule has 0 aromatic carbocycles. The van der Waals surface area contributed by atoms with Crippen molar-refractivity contribution in [2.24, 2.45) is 5.73 Å². The number of carbonyl (C=O) groups excluding carboxylic acids is 1. The molecule has 0 unspecified atom stereocenters. The summed E-state index contributed by atoms with van der Waals surface area (Å²) < 4.78 is 0. The topological polar surface area (TPSA) is 115 Å². The Morgan fingerprint density at radius 2 is 2.31 bits per heavy atom. The number of nitrogens with one attached hydrogen (secondary N) is 1. The van der Waals surface area contributed by atoms with Crippen LogP contribution in [0.25, 0.3) is 6.08 Å². The van der Waals surface area contributed by atoms with Crippen molar-refractivity contribution in [2.75, 3.05) is 5.73 Å². The van der Waals surface area contributed by atoms with E-state index in [2.05, 4.69) is 9.97 Å². The first-order chi connectivity index (χ1) is 6.09. The molecule has 1 aromatic heterocycles. The molecule has 0 atom stereocenters. The Balaban J connectivity index is 3.03. The van der Waals surface area contributed by atoms with Crippen LogP contribution < -0.4 is 17.2 Å². The molecule has 1 heterocycles. The average molecular weight is 180 g/mol. The molecule has 6 heteroatoms. The standard InChI is InChI=1S/C7H8N4O2/c8-5(12)2-1-4-3-10-7(13)11-6(4)9/h1-3H,(H2,8,12)(H3,9,10,11,13)/b2-1+. The van der Waals surface area contributed by atoms with Gasteiger partial charge in [-0.15, -0.1) is 0 Å². The molecule has 0 radical (unpaired) electrons. The molecule has 0 fully saturated rings. The largest absolute Gasteiger partial charge is 0.383 e. The van der Waals surface area contributed by atoms with Crippen LogP contribution in [0.5, 0.6) is 0 Å². The third kappa shape index (κ3) is 2.44. The normalized spacial score (nSPS) is 10.5. The highest BCUT2D eigenvalue weighted by Crippen LogP contribution is 2.04. The highest BCUT2D eigenvalue weighted by Gasteiger charge is 1.96. The van der Waals surface area contributed by atoms with E-state index in [1.807, 2.05) is 0 Å². The van der Waals surface area contributed by atoms with E-state index < -0.39 is 11.6 Å². The summed E-state index contributed by atoms with van der Waals surface area (Å²) in [4.78, 5) is 26.7. The number of hydrogen-bond donors (Lipinski definition) is 3. The molecule has 1 amide bonds. The molecule has 1 rings (SSSR count). The van der Waals surface area contributed by atoms with Crippen molar-refractivity contribution in [3.63, 3.8) is 0 Å². The highest BCUT2D eigenvalue weighted by atomic mass is 16.1. The van der Waals surface area contributed by atoms with E-state index in [-0.39, 0.29) is 5.82 Å². The Morgan fingerprint density at radius 1 is 1.62 bits per heavy atom. The minimum Gasteiger partial charge on any atom is -0.383 e. The number of nitrogens with zero attached hydrogens (tertiary/aromatic N) is 1. The first-order valence-electron chi connectivity index (χ1n) is 3.42. The molecule has 1 aromatic rings. The van der Waals surface area contributed by atoms with Crippen LogP contribution in [0, 0.1) is 0 Å². The predicted molar refractivity (Wildman–Crippen MR) is 47.5 cm³/mol. The maximum absolute atomic E-state index is 10.6. The quantitative estimate of drug-likeness (QED) is 0.498. The number of rotatable bonds is 2. The van der Waals surface area contributed by atoms with E-state index in [0.717, 1.165) is 6.08 Å². The third-order valence-electron chi connectivity index (χ3n) is 1.30. The van der Waals surface area contributed by atoms with Gasteiger partial charge >= 0.3 is 5.69 Å². The summed E-state index contributed by atoms with van der Waals surface area (Å²) in [6.45, 7) is 0. The molecule has 0 saturated carbocycles. The molecular weight excluding hydrogens is 172 g/mol. The lowest BCUT2D eigenvalue weighted by atomic mass is 10.3. The number of anilines is 1. The summed E-state index contributed by atoms with van der Waals surface area (Å²) >= 11 is 0. The monoisotopic (exact) mass is 180 g/mol. The maximum Gasteiger partial charge on any atom is 0.346 e. The van der Waals surface area contributed by atoms with E-state index >= 15 is 0 Å². The SMILES string of the molecule is NC(=O)/C=C/c1c[nH]c(=O)nc1N. The van der Waals surface area contributed by atoms with Crippen LogP contribution in [-0.2, 0) is 4.79 Å². The van der Waals surface area contributed by atoms with Crippen molar-refractivity contribution in [3.05, 3.63) is 28.3 Å². The van der Waals surface area contributed by atoms with Crippen LogP contribution in [0.4, 0.5) is 5.82 Å². The molecule has 0 saturated heterocycles. The molecule has 0 aliphatic heterocycles. The molecule has 5 N–H and O–H groups in total. The molecule has 6 nitrogen and oxygen atoms in total. The van der Waals surface area contributed by atoms with E-state index in [4.69, 9.17) is 11.5 Å². The lowest BCUT2D eigenvalue weighted by Gasteiger charge is -1.95. The van der Waals surface area contributed by atoms with Gasteiger partial charge < -0.3 is 16.5 Å². The van der Waals surface area contributed by atoms with Gasteiger partial charge in [-0.25, -0.2) is 4.79 Å². The number of nitrogens with two attached hydrogens (primary N) is 2. The molecular formula is C7H8N4O2. The number of nitrogen functional groups attached to an aromatic ring is 1. The van der Waals surface area contributed by atoms with E-state index in [9.17, 15) is 9.59 Å². The molecule has 0 bridgehead atoms. The summed E-state index contributed by atoms with van der Waals surface area (Å²) in [6, 6.07) is 0. The summed E-state index contributed by atoms with van der Waals surface area (Å²) in [6.07, 6.45) is 3.86. The fraction of sp³-hybridized carbons (Fsp3) is 0. The summed E-state index contributed by atoms with van der Waals surface area (Å²) in [5, 5.41) is 0. The molecule has 0 spiro atoms. The molecule has 13 heavy (non-hydrogen) atoms. The Bertz CT molecular complexity index is 407. The zero-order chi connectivity index (χ0) is 9.84. The van der Waals surface area contributed by atoms with Crippen molar-refractivity contribution in [3.8, 4) is 0 Å². The number of H-pyrrole nitrogens is 1. The predicted octanol–water partition coefficient (Wildman–Crippen LogP) is -1.15. The Labute approximate surface area is 73.3 Å². The van der Waals surface area contributed by atoms with E-state index in [1.165, 1.54) is 12.3 Å². The van der Waals surface area contributed by atoms with Crippen LogP contribution in [0.2, 0.25) is 0 Å². The van der Waals surface area contributed by atoms with Crippen molar-refractivity contribution in [2.45, 2.75) is 0 Å². The lowest BCUT2D eigenvalue weighted by molar-refractivity contribution is -0.113. The second-order valence-corrected chi connectivity index (χ2v) is 2.28. The van der Waals surface area contributed by atoms with Crippen molar-refractivity contribution in [1.29, 1.82) is 0 Å². The van der Waals surface area contributed by atoms with Crippen LogP contribution in [0.15, 0.2) is 17.1 Å². The molecule has 68 valence electrons. The summed E-state index contributed by atoms with van der Waals surface area (Å²) in [5.41, 5.74) is 10.1. The van der Waals surface area contributed by atoms with Gasteiger partial charge in [-0.1, -0.05) is 0 Å². The fourth-order valence-electron chi connectivity index (χ4n) is 0.725. The van der Waals surface area contributed by atoms with Gasteiger partial charge in [-0.05, 0) is 6.08 Å². The Hall–Kier alpha value is -2.11. The van der Waals surface area contributed by atoms with Gasteiger partial charge in [0, 0.05) is 17.8 Å². The number of aromatic nitrogens is 2. The van der Waals surface area contributed by atoms with Gasteiger partial charge in [-0.2, -0.15) is 4.98 Å². The van der Waals surface area contributed by atoms with Crippen LogP contribution >= 0.6 is 0 Å². The van der Waals surface area contributed by atoms with Gasteiger partial charge in [0.25, 0.3) is 0 Å². The minimum absolute atomic E-state index is 0.0567. The van der Waals surface area contributed by atoms with Crippen LogP contribution in [0.1, 0.15) is 5.56 Å². The smallest absolute Gasteiger partial charge is 0.346 e. The number of primary amides is 1. The molecule has 0 aliphatic rings. The minimum atomic E-state index is -0.592. The number of carbonyl (C=O) groups is 1. The highest BCUT2D eigenvalue weighted by molar-refractivity contribution is 5.90. The van der Waals surface area contributed by atoms with Gasteiger partial charge in [0.2, 0.25) is 5.91 Å².